The highest BCUT2D eigenvalue weighted by Gasteiger charge is 2.06. The van der Waals surface area contributed by atoms with Gasteiger partial charge in [0, 0.05) is 0 Å². The van der Waals surface area contributed by atoms with E-state index in [-0.39, 0.29) is 15.7 Å². The Morgan fingerprint density at radius 1 is 1.43 bits per heavy atom. The number of esters is 1. The highest BCUT2D eigenvalue weighted by molar-refractivity contribution is 14.1. The normalized spacial score (nSPS) is 9.50. The van der Waals surface area contributed by atoms with Gasteiger partial charge in [0.2, 0.25) is 0 Å². The van der Waals surface area contributed by atoms with Crippen LogP contribution in [0.5, 0.6) is 5.75 Å². The lowest BCUT2D eigenvalue weighted by atomic mass is 10.2. The highest BCUT2D eigenvalue weighted by atomic mass is 127. The zero-order valence-electron chi connectivity index (χ0n) is 7.07. The summed E-state index contributed by atoms with van der Waals surface area (Å²) >= 11 is 1.87. The lowest BCUT2D eigenvalue weighted by Gasteiger charge is -2.02. The van der Waals surface area contributed by atoms with E-state index in [4.69, 9.17) is 9.84 Å². The van der Waals surface area contributed by atoms with E-state index in [1.165, 1.54) is 24.3 Å². The van der Waals surface area contributed by atoms with Crippen molar-refractivity contribution in [2.45, 2.75) is 0 Å². The van der Waals surface area contributed by atoms with Gasteiger partial charge in [0.1, 0.15) is 5.75 Å². The van der Waals surface area contributed by atoms with Crippen molar-refractivity contribution in [1.29, 1.82) is 0 Å². The first kappa shape index (κ1) is 11.0. The average Bonchev–Trinajstić information content (AvgIpc) is 2.18. The van der Waals surface area contributed by atoms with Gasteiger partial charge in [-0.05, 0) is 18.2 Å². The van der Waals surface area contributed by atoms with Crippen LogP contribution in [-0.2, 0) is 4.79 Å². The first-order chi connectivity index (χ1) is 6.63. The predicted octanol–water partition coefficient (Wildman–Crippen LogP) is 1.73. The molecule has 0 spiro atoms. The Bertz CT molecular complexity index is 362. The van der Waals surface area contributed by atoms with Crippen LogP contribution in [0.3, 0.4) is 0 Å². The van der Waals surface area contributed by atoms with Crippen LogP contribution in [0.2, 0.25) is 0 Å². The summed E-state index contributed by atoms with van der Waals surface area (Å²) in [6.07, 6.45) is 0. The van der Waals surface area contributed by atoms with E-state index in [0.717, 1.165) is 0 Å². The zero-order valence-corrected chi connectivity index (χ0v) is 9.22. The quantitative estimate of drug-likeness (QED) is 0.400. The Hall–Kier alpha value is -1.11. The number of carbonyl (C=O) groups excluding carboxylic acids is 1. The van der Waals surface area contributed by atoms with Crippen LogP contribution < -0.4 is 4.74 Å². The third-order valence-corrected chi connectivity index (χ3v) is 2.04. The van der Waals surface area contributed by atoms with Crippen LogP contribution in [0, 0.1) is 0 Å². The van der Waals surface area contributed by atoms with Crippen molar-refractivity contribution in [2.24, 2.45) is 0 Å². The molecule has 5 heteroatoms. The second-order valence-electron chi connectivity index (χ2n) is 2.44. The molecule has 4 nitrogen and oxygen atoms in total. The molecule has 0 heterocycles. The number of alkyl halides is 1. The van der Waals surface area contributed by atoms with E-state index in [2.05, 4.69) is 0 Å². The van der Waals surface area contributed by atoms with Gasteiger partial charge in [-0.2, -0.15) is 0 Å². The number of ether oxygens (including phenoxy) is 1. The SMILES string of the molecule is O=C(CI)Oc1cccc(C(=O)O)c1. The molecule has 14 heavy (non-hydrogen) atoms. The average molecular weight is 306 g/mol. The molecule has 1 N–H and O–H groups in total. The van der Waals surface area contributed by atoms with E-state index >= 15 is 0 Å². The molecule has 0 unspecified atom stereocenters. The molecule has 0 aliphatic rings. The third-order valence-electron chi connectivity index (χ3n) is 1.42. The maximum Gasteiger partial charge on any atom is 0.335 e. The van der Waals surface area contributed by atoms with Gasteiger partial charge in [0.15, 0.2) is 0 Å². The summed E-state index contributed by atoms with van der Waals surface area (Å²) < 4.78 is 5.08. The van der Waals surface area contributed by atoms with Crippen molar-refractivity contribution >= 4 is 34.5 Å². The molecule has 0 saturated carbocycles. The zero-order chi connectivity index (χ0) is 10.6. The number of rotatable bonds is 3. The monoisotopic (exact) mass is 306 g/mol. The van der Waals surface area contributed by atoms with Gasteiger partial charge in [0.05, 0.1) is 9.99 Å². The Kier molecular flexibility index (Phi) is 3.87. The topological polar surface area (TPSA) is 63.6 Å². The minimum atomic E-state index is -1.04. The Balaban J connectivity index is 2.83. The Labute approximate surface area is 94.0 Å². The highest BCUT2D eigenvalue weighted by Crippen LogP contribution is 2.13. The van der Waals surface area contributed by atoms with Crippen LogP contribution in [0.4, 0.5) is 0 Å². The van der Waals surface area contributed by atoms with Crippen molar-refractivity contribution in [1.82, 2.24) is 0 Å². The minimum absolute atomic E-state index is 0.101. The van der Waals surface area contributed by atoms with Crippen LogP contribution in [-0.4, -0.2) is 21.5 Å². The summed E-state index contributed by atoms with van der Waals surface area (Å²) in [6.45, 7) is 0. The first-order valence-corrected chi connectivity index (χ1v) is 5.26. The number of carboxylic acids is 1. The van der Waals surface area contributed by atoms with Gasteiger partial charge in [-0.15, -0.1) is 0 Å². The van der Waals surface area contributed by atoms with E-state index in [9.17, 15) is 9.59 Å². The van der Waals surface area contributed by atoms with Crippen LogP contribution in [0.15, 0.2) is 24.3 Å². The van der Waals surface area contributed by atoms with Gasteiger partial charge < -0.3 is 9.84 Å². The van der Waals surface area contributed by atoms with Crippen molar-refractivity contribution < 1.29 is 19.4 Å². The number of carbonyl (C=O) groups is 2. The number of carboxylic acid groups (broad SMARTS) is 1. The lowest BCUT2D eigenvalue weighted by molar-refractivity contribution is -0.131. The first-order valence-electron chi connectivity index (χ1n) is 3.73. The fourth-order valence-electron chi connectivity index (χ4n) is 0.851. The molecule has 0 amide bonds. The molecule has 0 fully saturated rings. The van der Waals surface area contributed by atoms with Gasteiger partial charge in [-0.1, -0.05) is 28.7 Å². The second-order valence-corrected chi connectivity index (χ2v) is 3.20. The van der Waals surface area contributed by atoms with Crippen molar-refractivity contribution in [3.05, 3.63) is 29.8 Å². The molecule has 0 aliphatic carbocycles. The molecular weight excluding hydrogens is 299 g/mol. The summed E-state index contributed by atoms with van der Waals surface area (Å²) in [5, 5.41) is 8.66. The molecule has 1 aromatic rings. The molecule has 0 radical (unpaired) electrons. The summed E-state index contributed by atoms with van der Waals surface area (Å²) in [7, 11) is 0. The summed E-state index contributed by atoms with van der Waals surface area (Å²) in [5.41, 5.74) is 0.101. The van der Waals surface area contributed by atoms with E-state index < -0.39 is 11.9 Å². The summed E-state index contributed by atoms with van der Waals surface area (Å²) in [5.74, 6) is -1.18. The Morgan fingerprint density at radius 2 is 2.14 bits per heavy atom. The summed E-state index contributed by atoms with van der Waals surface area (Å²) in [4.78, 5) is 21.5. The maximum absolute atomic E-state index is 10.9. The smallest absolute Gasteiger partial charge is 0.335 e. The third kappa shape index (κ3) is 2.99. The van der Waals surface area contributed by atoms with Crippen LogP contribution >= 0.6 is 22.6 Å². The van der Waals surface area contributed by atoms with Crippen LogP contribution in [0.25, 0.3) is 0 Å². The predicted molar refractivity (Wildman–Crippen MR) is 57.9 cm³/mol. The van der Waals surface area contributed by atoms with Gasteiger partial charge in [0.25, 0.3) is 0 Å². The molecule has 74 valence electrons. The van der Waals surface area contributed by atoms with Crippen molar-refractivity contribution in [3.63, 3.8) is 0 Å². The van der Waals surface area contributed by atoms with Gasteiger partial charge in [-0.25, -0.2) is 4.79 Å². The van der Waals surface area contributed by atoms with E-state index in [1.54, 1.807) is 0 Å². The van der Waals surface area contributed by atoms with Crippen molar-refractivity contribution in [2.75, 3.05) is 4.43 Å². The summed E-state index contributed by atoms with van der Waals surface area (Å²) in [6, 6.07) is 5.81. The van der Waals surface area contributed by atoms with E-state index in [0.29, 0.717) is 0 Å². The fraction of sp³-hybridized carbons (Fsp3) is 0.111. The van der Waals surface area contributed by atoms with Crippen molar-refractivity contribution in [3.8, 4) is 5.75 Å². The molecule has 0 bridgehead atoms. The number of aromatic carboxylic acids is 1. The molecular formula is C9H7IO4. The molecule has 1 rings (SSSR count). The number of hydrogen-bond acceptors (Lipinski definition) is 3. The fourth-order valence-corrected chi connectivity index (χ4v) is 1.01. The minimum Gasteiger partial charge on any atom is -0.478 e. The maximum atomic E-state index is 10.9. The molecule has 0 aliphatic heterocycles. The molecule has 0 aromatic heterocycles. The number of halogens is 1. The number of hydrogen-bond donors (Lipinski definition) is 1. The number of benzene rings is 1. The second kappa shape index (κ2) is 4.94. The molecule has 1 aromatic carbocycles. The van der Waals surface area contributed by atoms with Gasteiger partial charge in [-0.3, -0.25) is 4.79 Å². The van der Waals surface area contributed by atoms with E-state index in [1.807, 2.05) is 22.6 Å². The standard InChI is InChI=1S/C9H7IO4/c10-5-8(11)14-7-3-1-2-6(4-7)9(12)13/h1-4H,5H2,(H,12,13). The largest absolute Gasteiger partial charge is 0.478 e. The van der Waals surface area contributed by atoms with Crippen LogP contribution in [0.1, 0.15) is 10.4 Å². The van der Waals surface area contributed by atoms with Gasteiger partial charge >= 0.3 is 11.9 Å². The lowest BCUT2D eigenvalue weighted by Crippen LogP contribution is -2.09. The molecule has 0 atom stereocenters. The molecule has 0 saturated heterocycles. The Morgan fingerprint density at radius 3 is 2.71 bits per heavy atom.